The summed E-state index contributed by atoms with van der Waals surface area (Å²) in [6, 6.07) is 0.372. The molecule has 1 rings (SSSR count). The zero-order valence-electron chi connectivity index (χ0n) is 12.9. The van der Waals surface area contributed by atoms with E-state index in [1.165, 1.54) is 19.3 Å². The van der Waals surface area contributed by atoms with E-state index in [0.29, 0.717) is 24.3 Å². The van der Waals surface area contributed by atoms with Gasteiger partial charge in [-0.1, -0.05) is 33.6 Å². The Morgan fingerprint density at radius 3 is 2.47 bits per heavy atom. The van der Waals surface area contributed by atoms with E-state index >= 15 is 0 Å². The van der Waals surface area contributed by atoms with Crippen molar-refractivity contribution >= 4 is 17.7 Å². The summed E-state index contributed by atoms with van der Waals surface area (Å²) in [7, 11) is 0. The molecule has 4 heteroatoms. The van der Waals surface area contributed by atoms with Crippen LogP contribution in [-0.2, 0) is 4.79 Å². The fourth-order valence-electron chi connectivity index (χ4n) is 2.83. The smallest absolute Gasteiger partial charge is 0.232 e. The molecule has 0 radical (unpaired) electrons. The highest BCUT2D eigenvalue weighted by atomic mass is 32.2. The summed E-state index contributed by atoms with van der Waals surface area (Å²) in [5.41, 5.74) is 5.89. The Morgan fingerprint density at radius 2 is 1.95 bits per heavy atom. The summed E-state index contributed by atoms with van der Waals surface area (Å²) in [6.45, 7) is 10.1. The monoisotopic (exact) mass is 286 g/mol. The van der Waals surface area contributed by atoms with Crippen LogP contribution in [0.2, 0.25) is 0 Å². The lowest BCUT2D eigenvalue weighted by Crippen LogP contribution is -2.48. The normalized spacial score (nSPS) is 24.3. The van der Waals surface area contributed by atoms with Crippen molar-refractivity contribution in [3.05, 3.63) is 0 Å². The van der Waals surface area contributed by atoms with Crippen LogP contribution in [0.15, 0.2) is 0 Å². The Hall–Kier alpha value is -0.220. The van der Waals surface area contributed by atoms with Crippen LogP contribution in [0, 0.1) is 5.92 Å². The molecule has 2 atom stereocenters. The van der Waals surface area contributed by atoms with Crippen LogP contribution >= 0.6 is 11.8 Å². The van der Waals surface area contributed by atoms with Crippen LogP contribution in [0.3, 0.4) is 0 Å². The van der Waals surface area contributed by atoms with Crippen molar-refractivity contribution < 1.29 is 4.79 Å². The van der Waals surface area contributed by atoms with Gasteiger partial charge in [-0.3, -0.25) is 4.79 Å². The minimum atomic E-state index is 0.148. The predicted molar refractivity (Wildman–Crippen MR) is 84.4 cm³/mol. The van der Waals surface area contributed by atoms with Crippen molar-refractivity contribution in [2.24, 2.45) is 11.7 Å². The van der Waals surface area contributed by atoms with Crippen molar-refractivity contribution in [2.45, 2.75) is 64.2 Å². The molecule has 3 nitrogen and oxygen atoms in total. The minimum absolute atomic E-state index is 0.148. The highest BCUT2D eigenvalue weighted by Crippen LogP contribution is 2.29. The van der Waals surface area contributed by atoms with Crippen LogP contribution in [0.25, 0.3) is 0 Å². The third-order valence-corrected chi connectivity index (χ3v) is 5.12. The summed E-state index contributed by atoms with van der Waals surface area (Å²) in [5, 5.41) is 0. The average molecular weight is 286 g/mol. The molecule has 2 N–H and O–H groups in total. The SMILES string of the molecule is CCN(C(=O)CSC(C)(C)C)C1CCCCC1CN. The summed E-state index contributed by atoms with van der Waals surface area (Å²) in [5.74, 6) is 1.37. The van der Waals surface area contributed by atoms with E-state index < -0.39 is 0 Å². The number of nitrogens with two attached hydrogens (primary N) is 1. The van der Waals surface area contributed by atoms with Gasteiger partial charge < -0.3 is 10.6 Å². The van der Waals surface area contributed by atoms with Gasteiger partial charge in [0, 0.05) is 17.3 Å². The maximum absolute atomic E-state index is 12.4. The molecule has 0 aliphatic heterocycles. The third-order valence-electron chi connectivity index (χ3n) is 3.86. The van der Waals surface area contributed by atoms with Crippen molar-refractivity contribution in [2.75, 3.05) is 18.8 Å². The molecule has 2 unspecified atom stereocenters. The second-order valence-corrected chi connectivity index (χ2v) is 8.23. The van der Waals surface area contributed by atoms with Gasteiger partial charge in [0.05, 0.1) is 5.75 Å². The van der Waals surface area contributed by atoms with E-state index in [-0.39, 0.29) is 10.7 Å². The fraction of sp³-hybridized carbons (Fsp3) is 0.933. The number of nitrogens with zero attached hydrogens (tertiary/aromatic N) is 1. The van der Waals surface area contributed by atoms with Gasteiger partial charge in [0.25, 0.3) is 0 Å². The molecule has 19 heavy (non-hydrogen) atoms. The second kappa shape index (κ2) is 7.53. The minimum Gasteiger partial charge on any atom is -0.339 e. The van der Waals surface area contributed by atoms with E-state index in [1.807, 2.05) is 0 Å². The Balaban J connectivity index is 2.62. The molecule has 0 saturated heterocycles. The number of carbonyl (C=O) groups excluding carboxylic acids is 1. The van der Waals surface area contributed by atoms with Crippen molar-refractivity contribution in [3.63, 3.8) is 0 Å². The Labute approximate surface area is 122 Å². The standard InChI is InChI=1S/C15H30N2OS/c1-5-17(14(18)11-19-15(2,3)4)13-9-7-6-8-12(13)10-16/h12-13H,5-11,16H2,1-4H3. The number of hydrogen-bond acceptors (Lipinski definition) is 3. The van der Waals surface area contributed by atoms with E-state index in [2.05, 4.69) is 32.6 Å². The average Bonchev–Trinajstić information content (AvgIpc) is 2.37. The molecule has 1 aliphatic carbocycles. The number of hydrogen-bond donors (Lipinski definition) is 1. The van der Waals surface area contributed by atoms with Gasteiger partial charge >= 0.3 is 0 Å². The molecule has 1 fully saturated rings. The summed E-state index contributed by atoms with van der Waals surface area (Å²) >= 11 is 1.74. The van der Waals surface area contributed by atoms with Gasteiger partial charge in [-0.05, 0) is 32.2 Å². The Kier molecular flexibility index (Phi) is 6.67. The first-order chi connectivity index (χ1) is 8.89. The third kappa shape index (κ3) is 5.35. The number of thioether (sulfide) groups is 1. The molecular formula is C15H30N2OS. The molecule has 1 aliphatic rings. The maximum atomic E-state index is 12.4. The van der Waals surface area contributed by atoms with Crippen LogP contribution in [0.1, 0.15) is 53.4 Å². The van der Waals surface area contributed by atoms with Gasteiger partial charge in [0.15, 0.2) is 0 Å². The van der Waals surface area contributed by atoms with Gasteiger partial charge in [0.2, 0.25) is 5.91 Å². The summed E-state index contributed by atoms with van der Waals surface area (Å²) < 4.78 is 0.148. The lowest BCUT2D eigenvalue weighted by atomic mass is 9.83. The molecular weight excluding hydrogens is 256 g/mol. The number of amides is 1. The van der Waals surface area contributed by atoms with E-state index in [4.69, 9.17) is 5.73 Å². The molecule has 1 saturated carbocycles. The molecule has 0 spiro atoms. The van der Waals surface area contributed by atoms with Crippen molar-refractivity contribution in [1.29, 1.82) is 0 Å². The predicted octanol–water partition coefficient (Wildman–Crippen LogP) is 2.88. The molecule has 112 valence electrons. The molecule has 0 bridgehead atoms. The molecule has 0 aromatic carbocycles. The quantitative estimate of drug-likeness (QED) is 0.845. The van der Waals surface area contributed by atoms with Crippen LogP contribution in [0.4, 0.5) is 0 Å². The van der Waals surface area contributed by atoms with Gasteiger partial charge in [-0.15, -0.1) is 11.8 Å². The Morgan fingerprint density at radius 1 is 1.32 bits per heavy atom. The highest BCUT2D eigenvalue weighted by molar-refractivity contribution is 8.01. The largest absolute Gasteiger partial charge is 0.339 e. The lowest BCUT2D eigenvalue weighted by Gasteiger charge is -2.39. The van der Waals surface area contributed by atoms with E-state index in [1.54, 1.807) is 11.8 Å². The zero-order chi connectivity index (χ0) is 14.5. The van der Waals surface area contributed by atoms with Gasteiger partial charge in [-0.25, -0.2) is 0 Å². The molecule has 0 aromatic heterocycles. The van der Waals surface area contributed by atoms with Gasteiger partial charge in [0.1, 0.15) is 0 Å². The first-order valence-electron chi connectivity index (χ1n) is 7.52. The van der Waals surface area contributed by atoms with Crippen LogP contribution in [-0.4, -0.2) is 40.4 Å². The zero-order valence-corrected chi connectivity index (χ0v) is 13.8. The maximum Gasteiger partial charge on any atom is 0.232 e. The van der Waals surface area contributed by atoms with Crippen molar-refractivity contribution in [3.8, 4) is 0 Å². The first kappa shape index (κ1) is 16.8. The molecule has 0 heterocycles. The molecule has 1 amide bonds. The lowest BCUT2D eigenvalue weighted by molar-refractivity contribution is -0.132. The van der Waals surface area contributed by atoms with E-state index in [9.17, 15) is 4.79 Å². The summed E-state index contributed by atoms with van der Waals surface area (Å²) in [4.78, 5) is 14.5. The van der Waals surface area contributed by atoms with Gasteiger partial charge in [-0.2, -0.15) is 0 Å². The molecule has 0 aromatic rings. The summed E-state index contributed by atoms with van der Waals surface area (Å²) in [6.07, 6.45) is 4.80. The van der Waals surface area contributed by atoms with Crippen LogP contribution in [0.5, 0.6) is 0 Å². The second-order valence-electron chi connectivity index (χ2n) is 6.43. The van der Waals surface area contributed by atoms with Crippen LogP contribution < -0.4 is 5.73 Å². The number of rotatable bonds is 5. The topological polar surface area (TPSA) is 46.3 Å². The fourth-order valence-corrected chi connectivity index (χ4v) is 3.55. The van der Waals surface area contributed by atoms with E-state index in [0.717, 1.165) is 13.0 Å². The Bertz CT molecular complexity index is 288. The first-order valence-corrected chi connectivity index (χ1v) is 8.51. The van der Waals surface area contributed by atoms with Crippen molar-refractivity contribution in [1.82, 2.24) is 4.90 Å². The number of carbonyl (C=O) groups is 1. The highest BCUT2D eigenvalue weighted by Gasteiger charge is 2.31.